The molecule has 0 saturated heterocycles. The van der Waals surface area contributed by atoms with Gasteiger partial charge >= 0.3 is 11.9 Å². The SMILES string of the molecule is C#CCCC1(CCC(=O)N[C@@H](CC(=O)O)C(=O)O)N=N1. The molecule has 8 nitrogen and oxygen atoms in total. The van der Waals surface area contributed by atoms with Crippen LogP contribution in [0.5, 0.6) is 0 Å². The van der Waals surface area contributed by atoms with E-state index in [4.69, 9.17) is 16.6 Å². The van der Waals surface area contributed by atoms with Gasteiger partial charge in [-0.05, 0) is 0 Å². The van der Waals surface area contributed by atoms with Gasteiger partial charge in [0, 0.05) is 25.7 Å². The zero-order chi connectivity index (χ0) is 15.2. The quantitative estimate of drug-likeness (QED) is 0.526. The molecule has 1 atom stereocenters. The Morgan fingerprint density at radius 1 is 1.25 bits per heavy atom. The molecule has 108 valence electrons. The van der Waals surface area contributed by atoms with E-state index in [0.717, 1.165) is 0 Å². The van der Waals surface area contributed by atoms with Gasteiger partial charge in [0.15, 0.2) is 5.66 Å². The Kier molecular flexibility index (Phi) is 5.20. The number of rotatable bonds is 9. The minimum absolute atomic E-state index is 0.0149. The van der Waals surface area contributed by atoms with Crippen LogP contribution in [0.1, 0.15) is 32.1 Å². The van der Waals surface area contributed by atoms with Crippen molar-refractivity contribution in [3.8, 4) is 12.3 Å². The van der Waals surface area contributed by atoms with Crippen LogP contribution in [-0.2, 0) is 14.4 Å². The highest BCUT2D eigenvalue weighted by molar-refractivity contribution is 5.86. The topological polar surface area (TPSA) is 128 Å². The highest BCUT2D eigenvalue weighted by Crippen LogP contribution is 2.37. The van der Waals surface area contributed by atoms with Gasteiger partial charge < -0.3 is 15.5 Å². The van der Waals surface area contributed by atoms with Crippen molar-refractivity contribution in [1.29, 1.82) is 0 Å². The van der Waals surface area contributed by atoms with Gasteiger partial charge in [0.25, 0.3) is 0 Å². The Labute approximate surface area is 115 Å². The van der Waals surface area contributed by atoms with Crippen LogP contribution in [0.25, 0.3) is 0 Å². The first-order chi connectivity index (χ1) is 9.38. The molecule has 0 spiro atoms. The Morgan fingerprint density at radius 2 is 1.90 bits per heavy atom. The van der Waals surface area contributed by atoms with Crippen molar-refractivity contribution in [1.82, 2.24) is 5.32 Å². The maximum Gasteiger partial charge on any atom is 0.326 e. The van der Waals surface area contributed by atoms with Gasteiger partial charge in [-0.1, -0.05) is 0 Å². The average molecular weight is 281 g/mol. The highest BCUT2D eigenvalue weighted by Gasteiger charge is 2.39. The predicted octanol–water partition coefficient (Wildman–Crippen LogP) is 0.386. The van der Waals surface area contributed by atoms with E-state index in [2.05, 4.69) is 21.5 Å². The predicted molar refractivity (Wildman–Crippen MR) is 66.7 cm³/mol. The molecule has 0 bridgehead atoms. The van der Waals surface area contributed by atoms with E-state index >= 15 is 0 Å². The molecule has 20 heavy (non-hydrogen) atoms. The summed E-state index contributed by atoms with van der Waals surface area (Å²) in [7, 11) is 0. The molecule has 8 heteroatoms. The molecule has 0 aromatic rings. The van der Waals surface area contributed by atoms with Crippen LogP contribution >= 0.6 is 0 Å². The Hall–Kier alpha value is -2.43. The number of hydrogen-bond acceptors (Lipinski definition) is 5. The molecule has 0 fully saturated rings. The molecule has 0 aliphatic carbocycles. The summed E-state index contributed by atoms with van der Waals surface area (Å²) in [5, 5.41) is 27.2. The number of amides is 1. The van der Waals surface area contributed by atoms with Crippen LogP contribution in [0.3, 0.4) is 0 Å². The normalized spacial score (nSPS) is 15.9. The summed E-state index contributed by atoms with van der Waals surface area (Å²) in [6, 6.07) is -1.44. The molecular formula is C12H15N3O5. The first-order valence-corrected chi connectivity index (χ1v) is 6.00. The summed E-state index contributed by atoms with van der Waals surface area (Å²) in [5.41, 5.74) is -0.616. The third-order valence-electron chi connectivity index (χ3n) is 2.82. The van der Waals surface area contributed by atoms with Crippen molar-refractivity contribution in [2.75, 3.05) is 0 Å². The smallest absolute Gasteiger partial charge is 0.326 e. The van der Waals surface area contributed by atoms with Gasteiger partial charge in [-0.15, -0.1) is 12.3 Å². The molecule has 1 aliphatic rings. The summed E-state index contributed by atoms with van der Waals surface area (Å²) in [5.74, 6) is -0.770. The minimum Gasteiger partial charge on any atom is -0.481 e. The Morgan fingerprint density at radius 3 is 2.35 bits per heavy atom. The second-order valence-electron chi connectivity index (χ2n) is 4.44. The van der Waals surface area contributed by atoms with Crippen molar-refractivity contribution in [3.05, 3.63) is 0 Å². The van der Waals surface area contributed by atoms with Crippen molar-refractivity contribution >= 4 is 17.8 Å². The van der Waals surface area contributed by atoms with Crippen LogP contribution < -0.4 is 5.32 Å². The van der Waals surface area contributed by atoms with Gasteiger partial charge in [-0.25, -0.2) is 4.79 Å². The number of carbonyl (C=O) groups is 3. The van der Waals surface area contributed by atoms with Gasteiger partial charge in [-0.3, -0.25) is 9.59 Å². The molecule has 0 saturated carbocycles. The summed E-state index contributed by atoms with van der Waals surface area (Å²) in [4.78, 5) is 32.9. The van der Waals surface area contributed by atoms with E-state index in [1.54, 1.807) is 0 Å². The number of aliphatic carboxylic acids is 2. The third-order valence-corrected chi connectivity index (χ3v) is 2.82. The van der Waals surface area contributed by atoms with Gasteiger partial charge in [0.05, 0.1) is 6.42 Å². The van der Waals surface area contributed by atoms with Crippen LogP contribution in [0.4, 0.5) is 0 Å². The number of hydrogen-bond donors (Lipinski definition) is 3. The fraction of sp³-hybridized carbons (Fsp3) is 0.583. The second-order valence-corrected chi connectivity index (χ2v) is 4.44. The minimum atomic E-state index is -1.44. The fourth-order valence-corrected chi connectivity index (χ4v) is 1.62. The first-order valence-electron chi connectivity index (χ1n) is 6.00. The van der Waals surface area contributed by atoms with E-state index in [1.807, 2.05) is 0 Å². The molecule has 3 N–H and O–H groups in total. The van der Waals surface area contributed by atoms with Crippen LogP contribution in [0, 0.1) is 12.3 Å². The van der Waals surface area contributed by atoms with Gasteiger partial charge in [0.2, 0.25) is 5.91 Å². The largest absolute Gasteiger partial charge is 0.481 e. The van der Waals surface area contributed by atoms with E-state index in [1.165, 1.54) is 0 Å². The van der Waals surface area contributed by atoms with E-state index in [-0.39, 0.29) is 6.42 Å². The number of terminal acetylenes is 1. The van der Waals surface area contributed by atoms with Gasteiger partial charge in [-0.2, -0.15) is 10.2 Å². The zero-order valence-electron chi connectivity index (χ0n) is 10.7. The van der Waals surface area contributed by atoms with Crippen molar-refractivity contribution in [2.45, 2.75) is 43.8 Å². The van der Waals surface area contributed by atoms with E-state index in [0.29, 0.717) is 19.3 Å². The molecule has 1 rings (SSSR count). The summed E-state index contributed by atoms with van der Waals surface area (Å²) in [6.45, 7) is 0. The molecule has 0 unspecified atom stereocenters. The number of carboxylic acids is 2. The molecule has 1 amide bonds. The van der Waals surface area contributed by atoms with Crippen LogP contribution in [-0.4, -0.2) is 39.8 Å². The van der Waals surface area contributed by atoms with Crippen molar-refractivity contribution in [3.63, 3.8) is 0 Å². The van der Waals surface area contributed by atoms with E-state index in [9.17, 15) is 14.4 Å². The lowest BCUT2D eigenvalue weighted by atomic mass is 10.0. The van der Waals surface area contributed by atoms with Crippen LogP contribution in [0.2, 0.25) is 0 Å². The maximum atomic E-state index is 11.6. The zero-order valence-corrected chi connectivity index (χ0v) is 10.7. The monoisotopic (exact) mass is 281 g/mol. The molecule has 1 heterocycles. The number of carbonyl (C=O) groups excluding carboxylic acids is 1. The second kappa shape index (κ2) is 6.65. The summed E-state index contributed by atoms with van der Waals surface area (Å²) >= 11 is 0. The van der Waals surface area contributed by atoms with E-state index < -0.39 is 36.0 Å². The number of carboxylic acid groups (broad SMARTS) is 2. The summed E-state index contributed by atoms with van der Waals surface area (Å²) in [6.07, 6.45) is 5.85. The molecule has 0 aromatic carbocycles. The molecule has 0 radical (unpaired) electrons. The average Bonchev–Trinajstić information content (AvgIpc) is 3.13. The molecule has 0 aromatic heterocycles. The lowest BCUT2D eigenvalue weighted by Crippen LogP contribution is -2.42. The summed E-state index contributed by atoms with van der Waals surface area (Å²) < 4.78 is 0. The highest BCUT2D eigenvalue weighted by atomic mass is 16.4. The van der Waals surface area contributed by atoms with Gasteiger partial charge in [0.1, 0.15) is 6.04 Å². The Balaban J connectivity index is 2.37. The molecular weight excluding hydrogens is 266 g/mol. The standard InChI is InChI=1S/C12H15N3O5/c1-2-3-5-12(14-15-12)6-4-9(16)13-8(11(19)20)7-10(17)18/h1,8H,3-7H2,(H,13,16)(H,17,18)(H,19,20)/t8-/m0/s1. The Bertz CT molecular complexity index is 474. The number of nitrogens with one attached hydrogen (secondary N) is 1. The maximum absolute atomic E-state index is 11.6. The lowest BCUT2D eigenvalue weighted by molar-refractivity contribution is -0.147. The fourth-order valence-electron chi connectivity index (χ4n) is 1.62. The number of nitrogens with zero attached hydrogens (tertiary/aromatic N) is 2. The third kappa shape index (κ3) is 5.06. The van der Waals surface area contributed by atoms with Crippen molar-refractivity contribution in [2.24, 2.45) is 10.2 Å². The molecule has 1 aliphatic heterocycles. The lowest BCUT2D eigenvalue weighted by Gasteiger charge is -2.13. The first kappa shape index (κ1) is 15.6. The van der Waals surface area contributed by atoms with Crippen LogP contribution in [0.15, 0.2) is 10.2 Å². The van der Waals surface area contributed by atoms with Crippen molar-refractivity contribution < 1.29 is 24.6 Å².